The maximum absolute atomic E-state index is 11.3. The minimum Gasteiger partial charge on any atom is -0.366 e. The molecular weight excluding hydrogens is 375 g/mol. The summed E-state index contributed by atoms with van der Waals surface area (Å²) < 4.78 is 7.01. The number of carbonyl (C=O) groups is 1. The number of hydrogen-bond donors (Lipinski definition) is 1. The van der Waals surface area contributed by atoms with Gasteiger partial charge in [0.15, 0.2) is 0 Å². The molecule has 1 amide bonds. The van der Waals surface area contributed by atoms with Crippen LogP contribution in [0.3, 0.4) is 0 Å². The van der Waals surface area contributed by atoms with Crippen LogP contribution in [0.1, 0.15) is 16.2 Å². The van der Waals surface area contributed by atoms with Crippen LogP contribution in [0.5, 0.6) is 0 Å². The molecule has 0 fully saturated rings. The van der Waals surface area contributed by atoms with Crippen molar-refractivity contribution in [2.24, 2.45) is 5.73 Å². The van der Waals surface area contributed by atoms with Gasteiger partial charge in [0.05, 0.1) is 10.5 Å². The Labute approximate surface area is 158 Å². The minimum absolute atomic E-state index is 0.360. The van der Waals surface area contributed by atoms with E-state index in [9.17, 15) is 4.79 Å². The van der Waals surface area contributed by atoms with E-state index in [-0.39, 0.29) is 0 Å². The Morgan fingerprint density at radius 3 is 2.50 bits per heavy atom. The van der Waals surface area contributed by atoms with Gasteiger partial charge in [-0.05, 0) is 42.5 Å². The predicted octanol–water partition coefficient (Wildman–Crippen LogP) is 4.39. The molecule has 8 heteroatoms. The summed E-state index contributed by atoms with van der Waals surface area (Å²) in [6.45, 7) is 1.70. The second-order valence-electron chi connectivity index (χ2n) is 5.71. The average molecular weight is 387 g/mol. The molecule has 0 radical (unpaired) electrons. The zero-order valence-electron chi connectivity index (χ0n) is 13.5. The van der Waals surface area contributed by atoms with Crippen LogP contribution in [0.4, 0.5) is 0 Å². The van der Waals surface area contributed by atoms with E-state index in [1.165, 1.54) is 0 Å². The molecular formula is C18H12Cl2N4O2. The number of aromatic nitrogens is 3. The van der Waals surface area contributed by atoms with E-state index in [0.29, 0.717) is 33.0 Å². The summed E-state index contributed by atoms with van der Waals surface area (Å²) in [5.74, 6) is 0.293. The molecule has 4 rings (SSSR count). The zero-order chi connectivity index (χ0) is 18.4. The van der Waals surface area contributed by atoms with Crippen molar-refractivity contribution in [3.8, 4) is 17.2 Å². The lowest BCUT2D eigenvalue weighted by molar-refractivity contribution is 0.100. The van der Waals surface area contributed by atoms with E-state index in [1.54, 1.807) is 43.3 Å². The van der Waals surface area contributed by atoms with E-state index in [4.69, 9.17) is 33.5 Å². The minimum atomic E-state index is -0.493. The number of halogens is 2. The van der Waals surface area contributed by atoms with Crippen molar-refractivity contribution in [1.29, 1.82) is 0 Å². The first-order valence-corrected chi connectivity index (χ1v) is 8.41. The Morgan fingerprint density at radius 2 is 1.88 bits per heavy atom. The second kappa shape index (κ2) is 6.16. The summed E-state index contributed by atoms with van der Waals surface area (Å²) >= 11 is 12.8. The largest absolute Gasteiger partial charge is 0.366 e. The van der Waals surface area contributed by atoms with Crippen LogP contribution in [0, 0.1) is 6.92 Å². The highest BCUT2D eigenvalue weighted by Crippen LogP contribution is 2.39. The monoisotopic (exact) mass is 386 g/mol. The summed E-state index contributed by atoms with van der Waals surface area (Å²) in [6.07, 6.45) is 0. The third kappa shape index (κ3) is 2.64. The predicted molar refractivity (Wildman–Crippen MR) is 99.8 cm³/mol. The van der Waals surface area contributed by atoms with Gasteiger partial charge >= 0.3 is 0 Å². The fourth-order valence-electron chi connectivity index (χ4n) is 2.86. The molecule has 0 unspecified atom stereocenters. The standard InChI is InChI=1S/C18H12Cl2N4O2/c1-9-22-18(23-26-9)16-15(20)13-8-11(19)4-7-14(13)24(16)12-5-2-10(3-6-12)17(21)25/h2-8H,1H3,(H2,21,25). The number of amides is 1. The van der Waals surface area contributed by atoms with E-state index < -0.39 is 5.91 Å². The van der Waals surface area contributed by atoms with Gasteiger partial charge in [-0.3, -0.25) is 4.79 Å². The zero-order valence-corrected chi connectivity index (χ0v) is 15.0. The van der Waals surface area contributed by atoms with E-state index >= 15 is 0 Å². The molecule has 26 heavy (non-hydrogen) atoms. The van der Waals surface area contributed by atoms with Crippen LogP contribution in [0.25, 0.3) is 28.1 Å². The van der Waals surface area contributed by atoms with Gasteiger partial charge in [0, 0.05) is 28.6 Å². The smallest absolute Gasteiger partial charge is 0.248 e. The van der Waals surface area contributed by atoms with Crippen molar-refractivity contribution in [2.45, 2.75) is 6.92 Å². The lowest BCUT2D eigenvalue weighted by atomic mass is 10.2. The maximum Gasteiger partial charge on any atom is 0.248 e. The van der Waals surface area contributed by atoms with Crippen molar-refractivity contribution < 1.29 is 9.32 Å². The Bertz CT molecular complexity index is 1150. The van der Waals surface area contributed by atoms with Gasteiger partial charge in [-0.2, -0.15) is 4.98 Å². The summed E-state index contributed by atoms with van der Waals surface area (Å²) in [5.41, 5.74) is 7.91. The molecule has 0 atom stereocenters. The normalized spacial score (nSPS) is 11.2. The van der Waals surface area contributed by atoms with Crippen LogP contribution in [-0.4, -0.2) is 20.6 Å². The van der Waals surface area contributed by atoms with Gasteiger partial charge in [0.1, 0.15) is 5.69 Å². The number of hydrogen-bond acceptors (Lipinski definition) is 4. The highest BCUT2D eigenvalue weighted by molar-refractivity contribution is 6.39. The van der Waals surface area contributed by atoms with Crippen molar-refractivity contribution >= 4 is 40.0 Å². The van der Waals surface area contributed by atoms with E-state index in [1.807, 2.05) is 10.6 Å². The molecule has 0 aliphatic heterocycles. The number of nitrogens with two attached hydrogens (primary N) is 1. The lowest BCUT2D eigenvalue weighted by Gasteiger charge is -2.09. The van der Waals surface area contributed by atoms with Gasteiger partial charge in [-0.15, -0.1) is 0 Å². The molecule has 4 aromatic rings. The van der Waals surface area contributed by atoms with Crippen LogP contribution < -0.4 is 5.73 Å². The van der Waals surface area contributed by atoms with Crippen molar-refractivity contribution in [3.63, 3.8) is 0 Å². The summed E-state index contributed by atoms with van der Waals surface area (Å²) in [5, 5.41) is 5.78. The van der Waals surface area contributed by atoms with Crippen LogP contribution in [0.2, 0.25) is 10.0 Å². The number of primary amides is 1. The highest BCUT2D eigenvalue weighted by atomic mass is 35.5. The molecule has 2 aromatic heterocycles. The first kappa shape index (κ1) is 16.6. The fourth-order valence-corrected chi connectivity index (χ4v) is 3.35. The molecule has 2 heterocycles. The molecule has 2 N–H and O–H groups in total. The first-order chi connectivity index (χ1) is 12.5. The van der Waals surface area contributed by atoms with Gasteiger partial charge in [-0.25, -0.2) is 0 Å². The van der Waals surface area contributed by atoms with Gasteiger partial charge in [0.25, 0.3) is 0 Å². The molecule has 0 spiro atoms. The number of benzene rings is 2. The fraction of sp³-hybridized carbons (Fsp3) is 0.0556. The molecule has 0 aliphatic rings. The Kier molecular flexibility index (Phi) is 3.94. The number of rotatable bonds is 3. The highest BCUT2D eigenvalue weighted by Gasteiger charge is 2.22. The molecule has 2 aromatic carbocycles. The quantitative estimate of drug-likeness (QED) is 0.565. The summed E-state index contributed by atoms with van der Waals surface area (Å²) in [4.78, 5) is 15.6. The summed E-state index contributed by atoms with van der Waals surface area (Å²) in [6, 6.07) is 12.3. The molecule has 0 bridgehead atoms. The van der Waals surface area contributed by atoms with Gasteiger partial charge in [-0.1, -0.05) is 28.4 Å². The van der Waals surface area contributed by atoms with E-state index in [0.717, 1.165) is 16.6 Å². The molecule has 0 saturated carbocycles. The third-order valence-electron chi connectivity index (χ3n) is 4.02. The first-order valence-electron chi connectivity index (χ1n) is 7.66. The van der Waals surface area contributed by atoms with Crippen molar-refractivity contribution in [2.75, 3.05) is 0 Å². The molecule has 0 saturated heterocycles. The van der Waals surface area contributed by atoms with E-state index in [2.05, 4.69) is 10.1 Å². The lowest BCUT2D eigenvalue weighted by Crippen LogP contribution is -2.10. The van der Waals surface area contributed by atoms with Crippen molar-refractivity contribution in [1.82, 2.24) is 14.7 Å². The Hall–Kier alpha value is -2.83. The Morgan fingerprint density at radius 1 is 1.15 bits per heavy atom. The van der Waals surface area contributed by atoms with Gasteiger partial charge in [0.2, 0.25) is 17.6 Å². The second-order valence-corrected chi connectivity index (χ2v) is 6.52. The SMILES string of the molecule is Cc1nc(-c2c(Cl)c3cc(Cl)ccc3n2-c2ccc(C(N)=O)cc2)no1. The van der Waals surface area contributed by atoms with Crippen molar-refractivity contribution in [3.05, 3.63) is 64.0 Å². The molecule has 130 valence electrons. The average Bonchev–Trinajstić information content (AvgIpc) is 3.16. The number of nitrogens with zero attached hydrogens (tertiary/aromatic N) is 3. The van der Waals surface area contributed by atoms with Crippen LogP contribution in [-0.2, 0) is 0 Å². The van der Waals surface area contributed by atoms with Gasteiger partial charge < -0.3 is 14.8 Å². The number of fused-ring (bicyclic) bond motifs is 1. The molecule has 0 aliphatic carbocycles. The third-order valence-corrected chi connectivity index (χ3v) is 4.63. The van der Waals surface area contributed by atoms with Crippen LogP contribution >= 0.6 is 23.2 Å². The Balaban J connectivity index is 2.04. The number of carbonyl (C=O) groups excluding carboxylic acids is 1. The molecule has 6 nitrogen and oxygen atoms in total. The number of aryl methyl sites for hydroxylation is 1. The van der Waals surface area contributed by atoms with Crippen LogP contribution in [0.15, 0.2) is 47.0 Å². The maximum atomic E-state index is 11.3. The summed E-state index contributed by atoms with van der Waals surface area (Å²) in [7, 11) is 0. The topological polar surface area (TPSA) is 86.9 Å².